The lowest BCUT2D eigenvalue weighted by molar-refractivity contribution is 0.517. The molecule has 1 aliphatic carbocycles. The number of rotatable bonds is 2. The van der Waals surface area contributed by atoms with Gasteiger partial charge in [0, 0.05) is 16.4 Å². The highest BCUT2D eigenvalue weighted by Gasteiger charge is 2.19. The lowest BCUT2D eigenvalue weighted by Crippen LogP contribution is -2.27. The van der Waals surface area contributed by atoms with E-state index in [0.29, 0.717) is 6.54 Å². The first-order valence-electron chi connectivity index (χ1n) is 6.99. The molecule has 0 saturated heterocycles. The summed E-state index contributed by atoms with van der Waals surface area (Å²) in [5, 5.41) is 5.49. The molecule has 0 spiro atoms. The van der Waals surface area contributed by atoms with Crippen LogP contribution >= 0.6 is 11.3 Å². The monoisotopic (exact) mass is 289 g/mol. The van der Waals surface area contributed by atoms with Crippen LogP contribution in [0, 0.1) is 0 Å². The minimum absolute atomic E-state index is 0.0555. The smallest absolute Gasteiger partial charge is 0.267 e. The third kappa shape index (κ3) is 2.54. The molecule has 1 aliphatic rings. The van der Waals surface area contributed by atoms with Crippen LogP contribution in [0.15, 0.2) is 16.9 Å². The van der Waals surface area contributed by atoms with Gasteiger partial charge in [-0.2, -0.15) is 5.10 Å². The molecule has 0 saturated carbocycles. The van der Waals surface area contributed by atoms with E-state index in [1.54, 1.807) is 17.4 Å². The number of hydrogen-bond donors (Lipinski definition) is 0. The first-order chi connectivity index (χ1) is 9.43. The lowest BCUT2D eigenvalue weighted by atomic mass is 9.92. The van der Waals surface area contributed by atoms with Gasteiger partial charge in [-0.3, -0.25) is 4.79 Å². The molecule has 2 aromatic heterocycles. The Hall–Kier alpha value is -1.49. The van der Waals surface area contributed by atoms with Gasteiger partial charge in [-0.15, -0.1) is 11.3 Å². The number of nitrogens with zero attached hydrogens (tertiary/aromatic N) is 3. The summed E-state index contributed by atoms with van der Waals surface area (Å²) in [6.07, 6.45) is 3.43. The van der Waals surface area contributed by atoms with Crippen LogP contribution in [0.5, 0.6) is 0 Å². The summed E-state index contributed by atoms with van der Waals surface area (Å²) in [5.41, 5.74) is 2.04. The van der Waals surface area contributed by atoms with Crippen LogP contribution in [0.4, 0.5) is 0 Å². The summed E-state index contributed by atoms with van der Waals surface area (Å²) < 4.78 is 1.54. The minimum Gasteiger partial charge on any atom is -0.268 e. The molecule has 0 fully saturated rings. The average molecular weight is 289 g/mol. The molecule has 5 heteroatoms. The van der Waals surface area contributed by atoms with Crippen molar-refractivity contribution >= 4 is 11.3 Å². The fourth-order valence-corrected chi connectivity index (χ4v) is 3.54. The number of hydrogen-bond acceptors (Lipinski definition) is 4. The molecule has 106 valence electrons. The van der Waals surface area contributed by atoms with E-state index in [2.05, 4.69) is 30.9 Å². The van der Waals surface area contributed by atoms with Crippen molar-refractivity contribution < 1.29 is 0 Å². The second-order valence-electron chi connectivity index (χ2n) is 6.30. The molecule has 2 aromatic rings. The molecule has 0 aliphatic heterocycles. The number of fused-ring (bicyclic) bond motifs is 1. The second-order valence-corrected chi connectivity index (χ2v) is 7.46. The van der Waals surface area contributed by atoms with E-state index in [-0.39, 0.29) is 11.0 Å². The molecule has 0 bridgehead atoms. The van der Waals surface area contributed by atoms with Gasteiger partial charge in [0.2, 0.25) is 0 Å². The molecule has 0 aromatic carbocycles. The van der Waals surface area contributed by atoms with Crippen LogP contribution in [0.3, 0.4) is 0 Å². The van der Waals surface area contributed by atoms with Crippen molar-refractivity contribution in [3.63, 3.8) is 0 Å². The van der Waals surface area contributed by atoms with E-state index >= 15 is 0 Å². The predicted molar refractivity (Wildman–Crippen MR) is 80.4 cm³/mol. The highest BCUT2D eigenvalue weighted by molar-refractivity contribution is 7.11. The van der Waals surface area contributed by atoms with Crippen molar-refractivity contribution in [1.82, 2.24) is 14.8 Å². The first kappa shape index (κ1) is 13.5. The van der Waals surface area contributed by atoms with Gasteiger partial charge < -0.3 is 0 Å². The predicted octanol–water partition coefficient (Wildman–Crippen LogP) is 2.53. The Labute approximate surface area is 122 Å². The average Bonchev–Trinajstić information content (AvgIpc) is 2.91. The third-order valence-corrected chi connectivity index (χ3v) is 4.70. The normalized spacial score (nSPS) is 14.6. The van der Waals surface area contributed by atoms with E-state index in [0.717, 1.165) is 23.5 Å². The highest BCUT2D eigenvalue weighted by Crippen LogP contribution is 2.27. The largest absolute Gasteiger partial charge is 0.268 e. The molecular formula is C15H19N3OS. The van der Waals surface area contributed by atoms with Crippen LogP contribution in [0.2, 0.25) is 0 Å². The van der Waals surface area contributed by atoms with E-state index in [1.807, 2.05) is 6.07 Å². The fraction of sp³-hybridized carbons (Fsp3) is 0.533. The summed E-state index contributed by atoms with van der Waals surface area (Å²) in [6, 6.07) is 3.43. The fourth-order valence-electron chi connectivity index (χ4n) is 2.40. The topological polar surface area (TPSA) is 47.8 Å². The number of aromatic nitrogens is 3. The molecule has 0 amide bonds. The summed E-state index contributed by atoms with van der Waals surface area (Å²) in [5.74, 6) is 0. The van der Waals surface area contributed by atoms with Crippen molar-refractivity contribution in [3.05, 3.63) is 43.8 Å². The molecule has 3 rings (SSSR count). The van der Waals surface area contributed by atoms with Gasteiger partial charge in [0.25, 0.3) is 5.56 Å². The van der Waals surface area contributed by atoms with Crippen molar-refractivity contribution in [2.24, 2.45) is 0 Å². The SMILES string of the molecule is CC(C)(C)c1ccc(=O)n(Cc2nc3c(s2)CCC3)n1. The molecule has 20 heavy (non-hydrogen) atoms. The van der Waals surface area contributed by atoms with E-state index in [4.69, 9.17) is 0 Å². The van der Waals surface area contributed by atoms with Crippen LogP contribution in [0.25, 0.3) is 0 Å². The van der Waals surface area contributed by atoms with Crippen LogP contribution < -0.4 is 5.56 Å². The Bertz CT molecular complexity index is 672. The summed E-state index contributed by atoms with van der Waals surface area (Å²) in [6.45, 7) is 6.78. The van der Waals surface area contributed by atoms with Gasteiger partial charge in [-0.25, -0.2) is 9.67 Å². The maximum atomic E-state index is 12.0. The standard InChI is InChI=1S/C15H19N3OS/c1-15(2,3)12-7-8-14(19)18(17-12)9-13-16-10-5-4-6-11(10)20-13/h7-8H,4-6,9H2,1-3H3. The van der Waals surface area contributed by atoms with Crippen molar-refractivity contribution in [2.45, 2.75) is 52.0 Å². The Morgan fingerprint density at radius 3 is 2.80 bits per heavy atom. The Morgan fingerprint density at radius 1 is 1.30 bits per heavy atom. The zero-order valence-electron chi connectivity index (χ0n) is 12.1. The van der Waals surface area contributed by atoms with Gasteiger partial charge in [0.15, 0.2) is 0 Å². The van der Waals surface area contributed by atoms with E-state index in [9.17, 15) is 4.79 Å². The summed E-state index contributed by atoms with van der Waals surface area (Å²) >= 11 is 1.73. The minimum atomic E-state index is -0.0617. The van der Waals surface area contributed by atoms with E-state index in [1.165, 1.54) is 21.7 Å². The van der Waals surface area contributed by atoms with Crippen molar-refractivity contribution in [1.29, 1.82) is 0 Å². The maximum Gasteiger partial charge on any atom is 0.267 e. The van der Waals surface area contributed by atoms with Crippen molar-refractivity contribution in [2.75, 3.05) is 0 Å². The Balaban J connectivity index is 1.91. The molecular weight excluding hydrogens is 270 g/mol. The van der Waals surface area contributed by atoms with E-state index < -0.39 is 0 Å². The van der Waals surface area contributed by atoms with Gasteiger partial charge in [-0.05, 0) is 25.3 Å². The zero-order valence-corrected chi connectivity index (χ0v) is 13.0. The third-order valence-electron chi connectivity index (χ3n) is 3.56. The molecule has 4 nitrogen and oxygen atoms in total. The summed E-state index contributed by atoms with van der Waals surface area (Å²) in [7, 11) is 0. The number of thiazole rings is 1. The van der Waals surface area contributed by atoms with Gasteiger partial charge in [-0.1, -0.05) is 20.8 Å². The zero-order chi connectivity index (χ0) is 14.3. The lowest BCUT2D eigenvalue weighted by Gasteiger charge is -2.18. The van der Waals surface area contributed by atoms with Crippen LogP contribution in [-0.2, 0) is 24.8 Å². The molecule has 0 atom stereocenters. The van der Waals surface area contributed by atoms with Gasteiger partial charge >= 0.3 is 0 Å². The van der Waals surface area contributed by atoms with Crippen LogP contribution in [0.1, 0.15) is 48.5 Å². The highest BCUT2D eigenvalue weighted by atomic mass is 32.1. The molecule has 0 unspecified atom stereocenters. The maximum absolute atomic E-state index is 12.0. The summed E-state index contributed by atoms with van der Waals surface area (Å²) in [4.78, 5) is 18.0. The molecule has 2 heterocycles. The second kappa shape index (κ2) is 4.81. The quantitative estimate of drug-likeness (QED) is 0.853. The van der Waals surface area contributed by atoms with Crippen molar-refractivity contribution in [3.8, 4) is 0 Å². The van der Waals surface area contributed by atoms with Gasteiger partial charge in [0.1, 0.15) is 5.01 Å². The van der Waals surface area contributed by atoms with Crippen LogP contribution in [-0.4, -0.2) is 14.8 Å². The Kier molecular flexibility index (Phi) is 3.24. The first-order valence-corrected chi connectivity index (χ1v) is 7.81. The number of aryl methyl sites for hydroxylation is 2. The Morgan fingerprint density at radius 2 is 2.10 bits per heavy atom. The molecule has 0 radical (unpaired) electrons. The molecule has 0 N–H and O–H groups in total. The van der Waals surface area contributed by atoms with Gasteiger partial charge in [0.05, 0.1) is 17.9 Å².